The van der Waals surface area contributed by atoms with Gasteiger partial charge in [0.1, 0.15) is 12.3 Å². The fraction of sp³-hybridized carbons (Fsp3) is 0.300. The van der Waals surface area contributed by atoms with Gasteiger partial charge in [-0.2, -0.15) is 0 Å². The molecule has 0 aliphatic carbocycles. The standard InChI is InChI=1S/C20H25N3O3/c1-23(2)14-18-7-5-4-6-17(18)13-21-20(24)15-26-22-12-16-8-10-19(25-3)11-9-16/h4-12H,13-15H2,1-3H3,(H,21,24)/p+1/b22-12-. The molecule has 138 valence electrons. The van der Waals surface area contributed by atoms with Crippen LogP contribution in [0.15, 0.2) is 53.7 Å². The molecule has 0 bridgehead atoms. The van der Waals surface area contributed by atoms with Gasteiger partial charge >= 0.3 is 0 Å². The molecule has 0 aromatic heterocycles. The number of quaternary nitrogens is 1. The minimum Gasteiger partial charge on any atom is -0.497 e. The van der Waals surface area contributed by atoms with E-state index in [2.05, 4.69) is 30.6 Å². The second kappa shape index (κ2) is 10.2. The van der Waals surface area contributed by atoms with Crippen molar-refractivity contribution in [1.82, 2.24) is 5.32 Å². The maximum absolute atomic E-state index is 11.9. The van der Waals surface area contributed by atoms with Crippen molar-refractivity contribution >= 4 is 12.1 Å². The average molecular weight is 356 g/mol. The van der Waals surface area contributed by atoms with Crippen LogP contribution in [0.3, 0.4) is 0 Å². The third kappa shape index (κ3) is 6.57. The molecular formula is C20H26N3O3+. The Hall–Kier alpha value is -2.86. The highest BCUT2D eigenvalue weighted by Gasteiger charge is 2.07. The minimum absolute atomic E-state index is 0.117. The summed E-state index contributed by atoms with van der Waals surface area (Å²) in [5.41, 5.74) is 3.21. The van der Waals surface area contributed by atoms with Crippen molar-refractivity contribution in [2.24, 2.45) is 5.16 Å². The number of oxime groups is 1. The van der Waals surface area contributed by atoms with Crippen LogP contribution in [-0.4, -0.2) is 39.9 Å². The molecule has 26 heavy (non-hydrogen) atoms. The highest BCUT2D eigenvalue weighted by molar-refractivity contribution is 5.80. The van der Waals surface area contributed by atoms with Gasteiger partial charge in [0.05, 0.1) is 27.4 Å². The van der Waals surface area contributed by atoms with Gasteiger partial charge in [-0.25, -0.2) is 0 Å². The Kier molecular flexibility index (Phi) is 7.64. The largest absolute Gasteiger partial charge is 0.497 e. The Morgan fingerprint density at radius 2 is 1.81 bits per heavy atom. The van der Waals surface area contributed by atoms with Crippen LogP contribution in [0.4, 0.5) is 0 Å². The summed E-state index contributed by atoms with van der Waals surface area (Å²) in [6.07, 6.45) is 1.56. The molecule has 6 nitrogen and oxygen atoms in total. The average Bonchev–Trinajstić information content (AvgIpc) is 2.64. The lowest BCUT2D eigenvalue weighted by molar-refractivity contribution is -0.872. The lowest BCUT2D eigenvalue weighted by atomic mass is 10.1. The number of hydrogen-bond acceptors (Lipinski definition) is 4. The predicted molar refractivity (Wildman–Crippen MR) is 101 cm³/mol. The van der Waals surface area contributed by atoms with E-state index in [0.29, 0.717) is 6.54 Å². The summed E-state index contributed by atoms with van der Waals surface area (Å²) in [7, 11) is 5.82. The number of nitrogens with zero attached hydrogens (tertiary/aromatic N) is 1. The van der Waals surface area contributed by atoms with Gasteiger partial charge in [0, 0.05) is 12.1 Å². The fourth-order valence-electron chi connectivity index (χ4n) is 2.41. The van der Waals surface area contributed by atoms with E-state index in [4.69, 9.17) is 9.57 Å². The van der Waals surface area contributed by atoms with Gasteiger partial charge in [-0.05, 0) is 35.4 Å². The molecule has 2 N–H and O–H groups in total. The van der Waals surface area contributed by atoms with Crippen molar-refractivity contribution in [3.63, 3.8) is 0 Å². The zero-order valence-electron chi connectivity index (χ0n) is 15.5. The van der Waals surface area contributed by atoms with Crippen molar-refractivity contribution in [2.75, 3.05) is 27.8 Å². The number of hydrogen-bond donors (Lipinski definition) is 2. The quantitative estimate of drug-likeness (QED) is 0.521. The van der Waals surface area contributed by atoms with Gasteiger partial charge in [0.2, 0.25) is 0 Å². The second-order valence-corrected chi connectivity index (χ2v) is 6.21. The first-order valence-corrected chi connectivity index (χ1v) is 8.50. The molecule has 0 atom stereocenters. The zero-order chi connectivity index (χ0) is 18.8. The molecule has 0 unspecified atom stereocenters. The van der Waals surface area contributed by atoms with E-state index in [1.807, 2.05) is 42.5 Å². The number of amides is 1. The van der Waals surface area contributed by atoms with E-state index in [1.54, 1.807) is 13.3 Å². The summed E-state index contributed by atoms with van der Waals surface area (Å²) in [4.78, 5) is 18.3. The molecule has 0 saturated heterocycles. The number of methoxy groups -OCH3 is 1. The van der Waals surface area contributed by atoms with Crippen LogP contribution in [0, 0.1) is 0 Å². The summed E-state index contributed by atoms with van der Waals surface area (Å²) in [5.74, 6) is 0.572. The summed E-state index contributed by atoms with van der Waals surface area (Å²) >= 11 is 0. The molecule has 0 radical (unpaired) electrons. The van der Waals surface area contributed by atoms with Crippen LogP contribution in [0.25, 0.3) is 0 Å². The predicted octanol–water partition coefficient (Wildman–Crippen LogP) is 1.01. The van der Waals surface area contributed by atoms with Gasteiger partial charge in [-0.1, -0.05) is 29.4 Å². The summed E-state index contributed by atoms with van der Waals surface area (Å²) in [5, 5.41) is 6.68. The SMILES string of the molecule is COc1ccc(/C=N\OCC(=O)NCc2ccccc2C[NH+](C)C)cc1. The zero-order valence-corrected chi connectivity index (χ0v) is 15.5. The number of rotatable bonds is 9. The maximum Gasteiger partial charge on any atom is 0.261 e. The van der Waals surface area contributed by atoms with Crippen LogP contribution >= 0.6 is 0 Å². The highest BCUT2D eigenvalue weighted by atomic mass is 16.6. The van der Waals surface area contributed by atoms with E-state index < -0.39 is 0 Å². The van der Waals surface area contributed by atoms with E-state index in [1.165, 1.54) is 10.5 Å². The van der Waals surface area contributed by atoms with Gasteiger partial charge in [-0.3, -0.25) is 4.79 Å². The molecule has 0 fully saturated rings. The Balaban J connectivity index is 1.76. The molecule has 0 aliphatic heterocycles. The van der Waals surface area contributed by atoms with Crippen LogP contribution in [0.2, 0.25) is 0 Å². The number of ether oxygens (including phenoxy) is 1. The van der Waals surface area contributed by atoms with Gasteiger partial charge in [0.15, 0.2) is 6.61 Å². The van der Waals surface area contributed by atoms with E-state index >= 15 is 0 Å². The van der Waals surface area contributed by atoms with Crippen molar-refractivity contribution in [1.29, 1.82) is 0 Å². The fourth-order valence-corrected chi connectivity index (χ4v) is 2.41. The minimum atomic E-state index is -0.205. The number of carbonyl (C=O) groups is 1. The Bertz CT molecular complexity index is 727. The second-order valence-electron chi connectivity index (χ2n) is 6.21. The maximum atomic E-state index is 11.9. The van der Waals surface area contributed by atoms with Gasteiger partial charge in [-0.15, -0.1) is 0 Å². The summed E-state index contributed by atoms with van der Waals surface area (Å²) in [6, 6.07) is 15.5. The molecule has 0 aliphatic rings. The monoisotopic (exact) mass is 356 g/mol. The molecule has 0 heterocycles. The summed E-state index contributed by atoms with van der Waals surface area (Å²) < 4.78 is 5.09. The Morgan fingerprint density at radius 3 is 2.46 bits per heavy atom. The number of benzene rings is 2. The number of nitrogens with one attached hydrogen (secondary N) is 2. The highest BCUT2D eigenvalue weighted by Crippen LogP contribution is 2.10. The summed E-state index contributed by atoms with van der Waals surface area (Å²) in [6.45, 7) is 1.27. The van der Waals surface area contributed by atoms with Crippen molar-refractivity contribution in [3.8, 4) is 5.75 Å². The normalized spacial score (nSPS) is 10.9. The first-order chi connectivity index (χ1) is 12.6. The van der Waals surface area contributed by atoms with Crippen molar-refractivity contribution in [3.05, 3.63) is 65.2 Å². The van der Waals surface area contributed by atoms with E-state index in [-0.39, 0.29) is 12.5 Å². The van der Waals surface area contributed by atoms with E-state index in [9.17, 15) is 4.79 Å². The van der Waals surface area contributed by atoms with Crippen LogP contribution in [-0.2, 0) is 22.7 Å². The van der Waals surface area contributed by atoms with Crippen LogP contribution in [0.1, 0.15) is 16.7 Å². The molecule has 6 heteroatoms. The van der Waals surface area contributed by atoms with E-state index in [0.717, 1.165) is 23.4 Å². The Morgan fingerprint density at radius 1 is 1.12 bits per heavy atom. The lowest BCUT2D eigenvalue weighted by Crippen LogP contribution is -3.04. The smallest absolute Gasteiger partial charge is 0.261 e. The molecule has 2 aromatic carbocycles. The molecule has 0 saturated carbocycles. The third-order valence-electron chi connectivity index (χ3n) is 3.73. The van der Waals surface area contributed by atoms with Crippen LogP contribution in [0.5, 0.6) is 5.75 Å². The number of carbonyl (C=O) groups excluding carboxylic acids is 1. The van der Waals surface area contributed by atoms with Crippen molar-refractivity contribution in [2.45, 2.75) is 13.1 Å². The first kappa shape index (κ1) is 19.5. The molecule has 2 rings (SSSR count). The lowest BCUT2D eigenvalue weighted by Gasteiger charge is -2.12. The van der Waals surface area contributed by atoms with Crippen molar-refractivity contribution < 1.29 is 19.3 Å². The first-order valence-electron chi connectivity index (χ1n) is 8.50. The Labute approximate surface area is 154 Å². The molecule has 1 amide bonds. The van der Waals surface area contributed by atoms with Gasteiger partial charge in [0.25, 0.3) is 5.91 Å². The van der Waals surface area contributed by atoms with Gasteiger partial charge < -0.3 is 19.8 Å². The van der Waals surface area contributed by atoms with Crippen LogP contribution < -0.4 is 15.0 Å². The molecular weight excluding hydrogens is 330 g/mol. The third-order valence-corrected chi connectivity index (χ3v) is 3.73. The molecule has 0 spiro atoms. The molecule has 2 aromatic rings. The topological polar surface area (TPSA) is 64.4 Å².